The Kier molecular flexibility index (Phi) is 4.08. The second-order valence-electron chi connectivity index (χ2n) is 6.88. The van der Waals surface area contributed by atoms with Crippen molar-refractivity contribution in [1.29, 1.82) is 0 Å². The second-order valence-corrected chi connectivity index (χ2v) is 6.88. The topological polar surface area (TPSA) is 46.0 Å². The summed E-state index contributed by atoms with van der Waals surface area (Å²) in [6.45, 7) is 7.88. The highest BCUT2D eigenvalue weighted by atomic mass is 15.3. The van der Waals surface area contributed by atoms with Crippen molar-refractivity contribution in [3.8, 4) is 0 Å². The molecule has 1 saturated carbocycles. The van der Waals surface area contributed by atoms with Crippen LogP contribution in [0.1, 0.15) is 38.4 Å². The first-order valence-corrected chi connectivity index (χ1v) is 7.94. The summed E-state index contributed by atoms with van der Waals surface area (Å²) in [5.41, 5.74) is 0.453. The van der Waals surface area contributed by atoms with Crippen LogP contribution in [-0.2, 0) is 13.1 Å². The molecule has 5 heteroatoms. The molecule has 3 rings (SSSR count). The van der Waals surface area contributed by atoms with Crippen LogP contribution in [0, 0.1) is 11.3 Å². The molecular weight excluding hydrogens is 250 g/mol. The summed E-state index contributed by atoms with van der Waals surface area (Å²) in [5.74, 6) is 1.99. The normalized spacial score (nSPS) is 31.2. The highest BCUT2D eigenvalue weighted by molar-refractivity contribution is 4.94. The van der Waals surface area contributed by atoms with E-state index in [0.29, 0.717) is 5.41 Å². The van der Waals surface area contributed by atoms with Gasteiger partial charge in [0.25, 0.3) is 0 Å². The SMILES string of the molecule is CNCC1(CN2CCn3cnnc3C2)CCCC(C)C1. The Hall–Kier alpha value is -0.940. The predicted octanol–water partition coefficient (Wildman–Crippen LogP) is 1.51. The molecule has 0 amide bonds. The van der Waals surface area contributed by atoms with E-state index in [1.807, 2.05) is 6.33 Å². The maximum Gasteiger partial charge on any atom is 0.147 e. The van der Waals surface area contributed by atoms with E-state index in [1.165, 1.54) is 32.2 Å². The summed E-state index contributed by atoms with van der Waals surface area (Å²) >= 11 is 0. The molecule has 0 spiro atoms. The average Bonchev–Trinajstić information content (AvgIpc) is 2.86. The van der Waals surface area contributed by atoms with E-state index in [2.05, 4.69) is 39.0 Å². The lowest BCUT2D eigenvalue weighted by Crippen LogP contribution is -2.48. The van der Waals surface area contributed by atoms with E-state index in [-0.39, 0.29) is 0 Å². The van der Waals surface area contributed by atoms with Gasteiger partial charge in [-0.2, -0.15) is 0 Å². The third-order valence-corrected chi connectivity index (χ3v) is 5.01. The van der Waals surface area contributed by atoms with Crippen molar-refractivity contribution in [2.24, 2.45) is 11.3 Å². The molecule has 112 valence electrons. The van der Waals surface area contributed by atoms with Gasteiger partial charge in [0, 0.05) is 26.2 Å². The largest absolute Gasteiger partial charge is 0.319 e. The first-order chi connectivity index (χ1) is 9.71. The van der Waals surface area contributed by atoms with Crippen LogP contribution in [0.25, 0.3) is 0 Å². The van der Waals surface area contributed by atoms with Crippen molar-refractivity contribution in [3.63, 3.8) is 0 Å². The minimum Gasteiger partial charge on any atom is -0.319 e. The molecule has 1 aromatic rings. The van der Waals surface area contributed by atoms with Gasteiger partial charge in [0.2, 0.25) is 0 Å². The Bertz CT molecular complexity index is 439. The Balaban J connectivity index is 1.68. The van der Waals surface area contributed by atoms with Crippen molar-refractivity contribution >= 4 is 0 Å². The van der Waals surface area contributed by atoms with Crippen LogP contribution in [-0.4, -0.2) is 46.3 Å². The Morgan fingerprint density at radius 3 is 3.15 bits per heavy atom. The van der Waals surface area contributed by atoms with E-state index in [0.717, 1.165) is 37.9 Å². The lowest BCUT2D eigenvalue weighted by molar-refractivity contribution is 0.0674. The summed E-state index contributed by atoms with van der Waals surface area (Å²) in [5, 5.41) is 11.7. The van der Waals surface area contributed by atoms with Gasteiger partial charge in [-0.15, -0.1) is 10.2 Å². The number of hydrogen-bond acceptors (Lipinski definition) is 4. The van der Waals surface area contributed by atoms with Gasteiger partial charge in [0.1, 0.15) is 12.2 Å². The van der Waals surface area contributed by atoms with Crippen LogP contribution >= 0.6 is 0 Å². The summed E-state index contributed by atoms with van der Waals surface area (Å²) in [6.07, 6.45) is 7.36. The Morgan fingerprint density at radius 1 is 1.45 bits per heavy atom. The lowest BCUT2D eigenvalue weighted by Gasteiger charge is -2.44. The van der Waals surface area contributed by atoms with Gasteiger partial charge in [-0.05, 0) is 31.2 Å². The van der Waals surface area contributed by atoms with Crippen molar-refractivity contribution in [3.05, 3.63) is 12.2 Å². The van der Waals surface area contributed by atoms with Crippen LogP contribution in [0.15, 0.2) is 6.33 Å². The van der Waals surface area contributed by atoms with Gasteiger partial charge < -0.3 is 9.88 Å². The Labute approximate surface area is 121 Å². The highest BCUT2D eigenvalue weighted by Crippen LogP contribution is 2.40. The van der Waals surface area contributed by atoms with Crippen molar-refractivity contribution < 1.29 is 0 Å². The predicted molar refractivity (Wildman–Crippen MR) is 79.3 cm³/mol. The molecular formula is C15H27N5. The van der Waals surface area contributed by atoms with Gasteiger partial charge in [-0.25, -0.2) is 0 Å². The van der Waals surface area contributed by atoms with E-state index in [9.17, 15) is 0 Å². The molecule has 1 aromatic heterocycles. The van der Waals surface area contributed by atoms with Gasteiger partial charge in [0.15, 0.2) is 0 Å². The monoisotopic (exact) mass is 277 g/mol. The van der Waals surface area contributed by atoms with E-state index < -0.39 is 0 Å². The number of aromatic nitrogens is 3. The lowest BCUT2D eigenvalue weighted by atomic mass is 9.69. The van der Waals surface area contributed by atoms with Gasteiger partial charge in [-0.3, -0.25) is 4.90 Å². The Morgan fingerprint density at radius 2 is 2.35 bits per heavy atom. The van der Waals surface area contributed by atoms with Crippen LogP contribution in [0.3, 0.4) is 0 Å². The fourth-order valence-corrected chi connectivity index (χ4v) is 4.23. The molecule has 1 aliphatic heterocycles. The van der Waals surface area contributed by atoms with E-state index in [4.69, 9.17) is 0 Å². The smallest absolute Gasteiger partial charge is 0.147 e. The van der Waals surface area contributed by atoms with E-state index >= 15 is 0 Å². The minimum absolute atomic E-state index is 0.453. The molecule has 2 unspecified atom stereocenters. The first-order valence-electron chi connectivity index (χ1n) is 7.94. The zero-order valence-corrected chi connectivity index (χ0v) is 12.8. The quantitative estimate of drug-likeness (QED) is 0.906. The fraction of sp³-hybridized carbons (Fsp3) is 0.867. The maximum atomic E-state index is 4.24. The van der Waals surface area contributed by atoms with Crippen molar-refractivity contribution in [2.45, 2.75) is 45.7 Å². The highest BCUT2D eigenvalue weighted by Gasteiger charge is 2.36. The number of nitrogens with zero attached hydrogens (tertiary/aromatic N) is 4. The fourth-order valence-electron chi connectivity index (χ4n) is 4.23. The van der Waals surface area contributed by atoms with Crippen LogP contribution in [0.5, 0.6) is 0 Å². The second kappa shape index (κ2) is 5.82. The molecule has 20 heavy (non-hydrogen) atoms. The molecule has 1 fully saturated rings. The van der Waals surface area contributed by atoms with E-state index in [1.54, 1.807) is 0 Å². The third-order valence-electron chi connectivity index (χ3n) is 5.01. The summed E-state index contributed by atoms with van der Waals surface area (Å²) in [7, 11) is 2.09. The molecule has 0 aromatic carbocycles. The van der Waals surface area contributed by atoms with Crippen LogP contribution in [0.4, 0.5) is 0 Å². The van der Waals surface area contributed by atoms with Crippen molar-refractivity contribution in [1.82, 2.24) is 25.0 Å². The molecule has 0 saturated heterocycles. The average molecular weight is 277 g/mol. The summed E-state index contributed by atoms with van der Waals surface area (Å²) in [4.78, 5) is 2.58. The number of hydrogen-bond donors (Lipinski definition) is 1. The minimum atomic E-state index is 0.453. The van der Waals surface area contributed by atoms with Crippen molar-refractivity contribution in [2.75, 3.05) is 26.7 Å². The number of nitrogens with one attached hydrogen (secondary N) is 1. The molecule has 0 bridgehead atoms. The summed E-state index contributed by atoms with van der Waals surface area (Å²) in [6, 6.07) is 0. The van der Waals surface area contributed by atoms with Gasteiger partial charge >= 0.3 is 0 Å². The zero-order valence-electron chi connectivity index (χ0n) is 12.8. The van der Waals surface area contributed by atoms with Crippen LogP contribution < -0.4 is 5.32 Å². The standard InChI is InChI=1S/C15H27N5/c1-13-4-3-5-15(8-13,10-16-2)11-19-6-7-20-12-17-18-14(20)9-19/h12-13,16H,3-11H2,1-2H3. The molecule has 5 nitrogen and oxygen atoms in total. The maximum absolute atomic E-state index is 4.24. The molecule has 1 N–H and O–H groups in total. The molecule has 2 aliphatic rings. The molecule has 2 heterocycles. The molecule has 1 aliphatic carbocycles. The van der Waals surface area contributed by atoms with Crippen LogP contribution in [0.2, 0.25) is 0 Å². The first kappa shape index (κ1) is 14.0. The number of fused-ring (bicyclic) bond motifs is 1. The third kappa shape index (κ3) is 2.88. The molecule has 0 radical (unpaired) electrons. The zero-order chi connectivity index (χ0) is 14.0. The molecule has 2 atom stereocenters. The number of rotatable bonds is 4. The van der Waals surface area contributed by atoms with Gasteiger partial charge in [-0.1, -0.05) is 19.8 Å². The van der Waals surface area contributed by atoms with Gasteiger partial charge in [0.05, 0.1) is 6.54 Å². The summed E-state index contributed by atoms with van der Waals surface area (Å²) < 4.78 is 2.19.